The molecule has 4 atom stereocenters. The predicted octanol–water partition coefficient (Wildman–Crippen LogP) is 4.22. The van der Waals surface area contributed by atoms with Gasteiger partial charge in [0.1, 0.15) is 11.6 Å². The predicted molar refractivity (Wildman–Crippen MR) is 180 cm³/mol. The molecule has 1 heterocycles. The maximum absolute atomic E-state index is 14.3. The Morgan fingerprint density at radius 3 is 2.49 bits per heavy atom. The number of halogens is 1. The molecule has 2 aromatic carbocycles. The molecular weight excluding hydrogens is 627 g/mol. The Kier molecular flexibility index (Phi) is 14.4. The van der Waals surface area contributed by atoms with Crippen molar-refractivity contribution in [2.24, 2.45) is 5.92 Å². The number of ether oxygens (including phenoxy) is 2. The number of amides is 2. The van der Waals surface area contributed by atoms with Gasteiger partial charge in [-0.2, -0.15) is 0 Å². The highest BCUT2D eigenvalue weighted by molar-refractivity contribution is 7.92. The second-order valence-corrected chi connectivity index (χ2v) is 14.4. The van der Waals surface area contributed by atoms with E-state index in [0.717, 1.165) is 50.1 Å². The standard InChI is InChI=1S/C34H51FN4O7S/c1-24-21-39(25(2)23-40)34(42)30-20-28(36-47(43,44)29-15-12-27(35)13-16-29)14-17-31(30)46-26(3)10-7-8-19-45-32(24)22-38(6)33(41)11-9-18-37(4)5/h12-17,20,24-26,32,36,40H,7-11,18-19,21-23H2,1-6H3/t24-,25+,26-,32+/m0/s1. The number of aliphatic hydroxyl groups is 1. The summed E-state index contributed by atoms with van der Waals surface area (Å²) in [4.78, 5) is 32.4. The minimum atomic E-state index is -4.09. The molecule has 0 bridgehead atoms. The maximum atomic E-state index is 14.3. The lowest BCUT2D eigenvalue weighted by molar-refractivity contribution is -0.132. The Morgan fingerprint density at radius 2 is 1.83 bits per heavy atom. The molecule has 2 amide bonds. The number of likely N-dealkylation sites (N-methyl/N-ethyl adjacent to an activating group) is 1. The summed E-state index contributed by atoms with van der Waals surface area (Å²) in [6.07, 6.45) is 2.83. The largest absolute Gasteiger partial charge is 0.490 e. The fraction of sp³-hybridized carbons (Fsp3) is 0.588. The number of rotatable bonds is 11. The van der Waals surface area contributed by atoms with Crippen LogP contribution in [0.3, 0.4) is 0 Å². The molecule has 13 heteroatoms. The molecule has 0 aliphatic carbocycles. The number of nitrogens with zero attached hydrogens (tertiary/aromatic N) is 3. The van der Waals surface area contributed by atoms with Gasteiger partial charge in [0, 0.05) is 44.8 Å². The van der Waals surface area contributed by atoms with Gasteiger partial charge in [-0.15, -0.1) is 0 Å². The van der Waals surface area contributed by atoms with Crippen molar-refractivity contribution in [3.63, 3.8) is 0 Å². The molecule has 3 rings (SSSR count). The monoisotopic (exact) mass is 678 g/mol. The SMILES string of the molecule is C[C@H](CO)N1C[C@H](C)[C@@H](CN(C)C(=O)CCCN(C)C)OCCCC[C@H](C)Oc2ccc(NS(=O)(=O)c3ccc(F)cc3)cc2C1=O. The third-order valence-electron chi connectivity index (χ3n) is 8.30. The lowest BCUT2D eigenvalue weighted by Crippen LogP contribution is -2.48. The topological polar surface area (TPSA) is 129 Å². The zero-order valence-corrected chi connectivity index (χ0v) is 29.3. The quantitative estimate of drug-likeness (QED) is 0.362. The molecule has 0 spiro atoms. The highest BCUT2D eigenvalue weighted by Gasteiger charge is 2.31. The molecule has 2 aromatic rings. The van der Waals surface area contributed by atoms with Crippen molar-refractivity contribution < 1.29 is 37.0 Å². The molecule has 0 saturated carbocycles. The first-order chi connectivity index (χ1) is 22.2. The van der Waals surface area contributed by atoms with E-state index in [9.17, 15) is 27.5 Å². The van der Waals surface area contributed by atoms with Crippen LogP contribution < -0.4 is 9.46 Å². The number of hydrogen-bond acceptors (Lipinski definition) is 8. The van der Waals surface area contributed by atoms with Gasteiger partial charge in [0.15, 0.2) is 0 Å². The van der Waals surface area contributed by atoms with Crippen LogP contribution in [0.2, 0.25) is 0 Å². The molecule has 0 fully saturated rings. The van der Waals surface area contributed by atoms with Crippen LogP contribution in [0.4, 0.5) is 10.1 Å². The first-order valence-corrected chi connectivity index (χ1v) is 17.7. The summed E-state index contributed by atoms with van der Waals surface area (Å²) in [7, 11) is 1.62. The van der Waals surface area contributed by atoms with Crippen LogP contribution in [0.25, 0.3) is 0 Å². The van der Waals surface area contributed by atoms with Gasteiger partial charge >= 0.3 is 0 Å². The second kappa shape index (κ2) is 17.8. The second-order valence-electron chi connectivity index (χ2n) is 12.8. The van der Waals surface area contributed by atoms with Gasteiger partial charge in [-0.1, -0.05) is 6.92 Å². The van der Waals surface area contributed by atoms with Gasteiger partial charge < -0.3 is 29.3 Å². The number of carbonyl (C=O) groups is 2. The van der Waals surface area contributed by atoms with E-state index in [1.807, 2.05) is 32.8 Å². The van der Waals surface area contributed by atoms with Crippen LogP contribution >= 0.6 is 0 Å². The lowest BCUT2D eigenvalue weighted by atomic mass is 10.0. The fourth-order valence-corrected chi connectivity index (χ4v) is 6.44. The average Bonchev–Trinajstić information content (AvgIpc) is 3.02. The Balaban J connectivity index is 1.93. The summed E-state index contributed by atoms with van der Waals surface area (Å²) in [5, 5.41) is 10.2. The number of fused-ring (bicyclic) bond motifs is 1. The molecule has 0 saturated heterocycles. The van der Waals surface area contributed by atoms with Crippen molar-refractivity contribution in [3.8, 4) is 5.75 Å². The van der Waals surface area contributed by atoms with Gasteiger partial charge in [-0.05, 0) is 103 Å². The van der Waals surface area contributed by atoms with E-state index in [4.69, 9.17) is 9.47 Å². The van der Waals surface area contributed by atoms with Crippen LogP contribution in [0.15, 0.2) is 47.4 Å². The van der Waals surface area contributed by atoms with Crippen LogP contribution in [0.1, 0.15) is 63.2 Å². The molecule has 0 aromatic heterocycles. The summed E-state index contributed by atoms with van der Waals surface area (Å²) in [6.45, 7) is 7.14. The molecule has 1 aliphatic rings. The Morgan fingerprint density at radius 1 is 1.13 bits per heavy atom. The molecule has 11 nitrogen and oxygen atoms in total. The Hall–Kier alpha value is -3.26. The average molecular weight is 679 g/mol. The summed E-state index contributed by atoms with van der Waals surface area (Å²) in [5.41, 5.74) is 0.255. The van der Waals surface area contributed by atoms with Crippen molar-refractivity contribution in [2.45, 2.75) is 76.0 Å². The molecule has 262 valence electrons. The highest BCUT2D eigenvalue weighted by Crippen LogP contribution is 2.29. The van der Waals surface area contributed by atoms with Gasteiger partial charge in [-0.25, -0.2) is 12.8 Å². The molecule has 47 heavy (non-hydrogen) atoms. The van der Waals surface area contributed by atoms with E-state index < -0.39 is 27.8 Å². The first-order valence-electron chi connectivity index (χ1n) is 16.2. The zero-order chi connectivity index (χ0) is 34.7. The molecule has 0 unspecified atom stereocenters. The number of nitrogens with one attached hydrogen (secondary N) is 1. The van der Waals surface area contributed by atoms with E-state index in [0.29, 0.717) is 31.7 Å². The van der Waals surface area contributed by atoms with Crippen LogP contribution in [-0.2, 0) is 19.6 Å². The van der Waals surface area contributed by atoms with Gasteiger partial charge in [0.25, 0.3) is 15.9 Å². The number of aliphatic hydroxyl groups excluding tert-OH is 1. The third kappa shape index (κ3) is 11.4. The van der Waals surface area contributed by atoms with Gasteiger partial charge in [0.05, 0.1) is 35.3 Å². The highest BCUT2D eigenvalue weighted by atomic mass is 32.2. The van der Waals surface area contributed by atoms with Crippen molar-refractivity contribution >= 4 is 27.5 Å². The minimum absolute atomic E-state index is 0.0224. The summed E-state index contributed by atoms with van der Waals surface area (Å²) >= 11 is 0. The van der Waals surface area contributed by atoms with Crippen LogP contribution in [0.5, 0.6) is 5.75 Å². The molecule has 1 aliphatic heterocycles. The van der Waals surface area contributed by atoms with E-state index in [-0.39, 0.29) is 53.3 Å². The van der Waals surface area contributed by atoms with E-state index in [2.05, 4.69) is 4.72 Å². The molecule has 2 N–H and O–H groups in total. The summed E-state index contributed by atoms with van der Waals surface area (Å²) < 4.78 is 54.6. The number of hydrogen-bond donors (Lipinski definition) is 2. The normalized spacial score (nSPS) is 20.6. The number of carbonyl (C=O) groups excluding carboxylic acids is 2. The van der Waals surface area contributed by atoms with E-state index in [1.54, 1.807) is 24.9 Å². The van der Waals surface area contributed by atoms with Crippen LogP contribution in [0, 0.1) is 11.7 Å². The first kappa shape index (κ1) is 38.2. The van der Waals surface area contributed by atoms with E-state index in [1.165, 1.54) is 17.0 Å². The fourth-order valence-electron chi connectivity index (χ4n) is 5.39. The smallest absolute Gasteiger partial charge is 0.261 e. The number of sulfonamides is 1. The van der Waals surface area contributed by atoms with Crippen molar-refractivity contribution in [1.29, 1.82) is 0 Å². The zero-order valence-electron chi connectivity index (χ0n) is 28.4. The summed E-state index contributed by atoms with van der Waals surface area (Å²) in [5.74, 6) is -0.925. The minimum Gasteiger partial charge on any atom is -0.490 e. The van der Waals surface area contributed by atoms with Gasteiger partial charge in [-0.3, -0.25) is 14.3 Å². The molecular formula is C34H51FN4O7S. The van der Waals surface area contributed by atoms with Crippen molar-refractivity contribution in [1.82, 2.24) is 14.7 Å². The van der Waals surface area contributed by atoms with E-state index >= 15 is 0 Å². The van der Waals surface area contributed by atoms with Crippen molar-refractivity contribution in [3.05, 3.63) is 53.8 Å². The Labute approximate surface area is 279 Å². The molecule has 0 radical (unpaired) electrons. The number of benzene rings is 2. The number of anilines is 1. The maximum Gasteiger partial charge on any atom is 0.261 e. The van der Waals surface area contributed by atoms with Gasteiger partial charge in [0.2, 0.25) is 5.91 Å². The Bertz CT molecular complexity index is 1420. The lowest BCUT2D eigenvalue weighted by Gasteiger charge is -2.36. The summed E-state index contributed by atoms with van der Waals surface area (Å²) in [6, 6.07) is 8.34. The van der Waals surface area contributed by atoms with Crippen molar-refractivity contribution in [2.75, 3.05) is 58.7 Å². The van der Waals surface area contributed by atoms with Crippen LogP contribution in [-0.4, -0.2) is 112 Å². The third-order valence-corrected chi connectivity index (χ3v) is 9.70.